The van der Waals surface area contributed by atoms with E-state index in [0.717, 1.165) is 50.2 Å². The van der Waals surface area contributed by atoms with Crippen LogP contribution in [-0.2, 0) is 4.79 Å². The Balaban J connectivity index is 1.37. The molecule has 1 saturated heterocycles. The highest BCUT2D eigenvalue weighted by molar-refractivity contribution is 7.99. The Kier molecular flexibility index (Phi) is 6.04. The molecule has 0 unspecified atom stereocenters. The molecule has 2 aliphatic carbocycles. The topological polar surface area (TPSA) is 51.0 Å². The van der Waals surface area contributed by atoms with Crippen molar-refractivity contribution < 1.29 is 9.18 Å². The molecule has 178 valence electrons. The number of likely N-dealkylation sites (tertiary alicyclic amines) is 1. The van der Waals surface area contributed by atoms with Gasteiger partial charge in [-0.05, 0) is 55.1 Å². The molecule has 1 aromatic heterocycles. The number of halogens is 1. The number of hydrogen-bond donors (Lipinski definition) is 0. The molecule has 5 rings (SSSR count). The molecule has 33 heavy (non-hydrogen) atoms. The number of carbonyl (C=O) groups excluding carboxylic acids is 1. The zero-order valence-corrected chi connectivity index (χ0v) is 20.8. The Morgan fingerprint density at radius 1 is 1.09 bits per heavy atom. The van der Waals surface area contributed by atoms with Crippen molar-refractivity contribution >= 4 is 17.7 Å². The van der Waals surface area contributed by atoms with Crippen LogP contribution in [0.2, 0.25) is 0 Å². The van der Waals surface area contributed by atoms with Gasteiger partial charge in [-0.3, -0.25) is 9.36 Å². The second kappa shape index (κ2) is 8.71. The van der Waals surface area contributed by atoms with Gasteiger partial charge in [0.1, 0.15) is 5.82 Å². The van der Waals surface area contributed by atoms with Gasteiger partial charge in [0.15, 0.2) is 11.0 Å². The fraction of sp³-hybridized carbons (Fsp3) is 0.654. The molecule has 0 N–H and O–H groups in total. The molecule has 1 aliphatic heterocycles. The zero-order valence-electron chi connectivity index (χ0n) is 20.0. The summed E-state index contributed by atoms with van der Waals surface area (Å²) in [5, 5.41) is 9.60. The Hall–Kier alpha value is -1.89. The summed E-state index contributed by atoms with van der Waals surface area (Å²) in [6, 6.07) is 7.37. The van der Waals surface area contributed by atoms with Gasteiger partial charge in [0.05, 0.1) is 11.3 Å². The number of nitrogens with zero attached hydrogens (tertiary/aromatic N) is 4. The highest BCUT2D eigenvalue weighted by atomic mass is 32.2. The molecule has 5 nitrogen and oxygen atoms in total. The summed E-state index contributed by atoms with van der Waals surface area (Å²) in [7, 11) is 0. The fourth-order valence-corrected chi connectivity index (χ4v) is 7.72. The van der Waals surface area contributed by atoms with Gasteiger partial charge in [-0.2, -0.15) is 0 Å². The van der Waals surface area contributed by atoms with Gasteiger partial charge >= 0.3 is 0 Å². The van der Waals surface area contributed by atoms with Crippen LogP contribution in [0.4, 0.5) is 4.39 Å². The van der Waals surface area contributed by atoms with E-state index in [9.17, 15) is 9.18 Å². The molecule has 2 atom stereocenters. The van der Waals surface area contributed by atoms with Crippen molar-refractivity contribution in [2.75, 3.05) is 12.3 Å². The van der Waals surface area contributed by atoms with E-state index >= 15 is 0 Å². The third-order valence-corrected chi connectivity index (χ3v) is 8.71. The Labute approximate surface area is 200 Å². The normalized spacial score (nSPS) is 27.2. The first-order valence-corrected chi connectivity index (χ1v) is 13.4. The van der Waals surface area contributed by atoms with Crippen LogP contribution < -0.4 is 0 Å². The maximum Gasteiger partial charge on any atom is 0.233 e. The van der Waals surface area contributed by atoms with Crippen LogP contribution in [0, 0.1) is 16.6 Å². The molecule has 2 saturated carbocycles. The summed E-state index contributed by atoms with van der Waals surface area (Å²) in [4.78, 5) is 15.4. The van der Waals surface area contributed by atoms with Gasteiger partial charge in [-0.1, -0.05) is 63.9 Å². The highest BCUT2D eigenvalue weighted by Gasteiger charge is 2.50. The predicted molar refractivity (Wildman–Crippen MR) is 130 cm³/mol. The molecule has 2 aromatic rings. The van der Waals surface area contributed by atoms with Crippen LogP contribution in [0.5, 0.6) is 0 Å². The van der Waals surface area contributed by atoms with E-state index in [2.05, 4.69) is 40.4 Å². The summed E-state index contributed by atoms with van der Waals surface area (Å²) in [5.74, 6) is 0.850. The fourth-order valence-electron chi connectivity index (χ4n) is 6.83. The van der Waals surface area contributed by atoms with Gasteiger partial charge in [0.25, 0.3) is 0 Å². The average Bonchev–Trinajstić information content (AvgIpc) is 3.30. The molecule has 3 aliphatic rings. The summed E-state index contributed by atoms with van der Waals surface area (Å²) in [6.45, 7) is 7.85. The SMILES string of the molecule is CC1(C)C[C@@H]2C[C@@](C)(CN2C(=O)CSc2nnc(-c3ccccc3F)n2C2CCCCC2)C1. The number of thioether (sulfide) groups is 1. The number of carbonyl (C=O) groups is 1. The van der Waals surface area contributed by atoms with Gasteiger partial charge < -0.3 is 4.90 Å². The monoisotopic (exact) mass is 470 g/mol. The van der Waals surface area contributed by atoms with Gasteiger partial charge in [0, 0.05) is 18.6 Å². The van der Waals surface area contributed by atoms with Crippen molar-refractivity contribution in [2.24, 2.45) is 10.8 Å². The van der Waals surface area contributed by atoms with Crippen molar-refractivity contribution in [1.82, 2.24) is 19.7 Å². The first-order valence-electron chi connectivity index (χ1n) is 12.4. The minimum Gasteiger partial charge on any atom is -0.338 e. The standard InChI is InChI=1S/C26H35FN4OS/c1-25(2)13-19-14-26(3,16-25)17-30(19)22(32)15-33-24-29-28-23(20-11-7-8-12-21(20)27)31(24)18-9-5-4-6-10-18/h7-8,11-12,18-19H,4-6,9-10,13-17H2,1-3H3/t19-,26-/m1/s1. The summed E-state index contributed by atoms with van der Waals surface area (Å²) < 4.78 is 16.7. The highest BCUT2D eigenvalue weighted by Crippen LogP contribution is 2.52. The second-order valence-electron chi connectivity index (χ2n) is 11.5. The second-order valence-corrected chi connectivity index (χ2v) is 12.4. The van der Waals surface area contributed by atoms with Crippen molar-refractivity contribution in [2.45, 2.75) is 89.4 Å². The largest absolute Gasteiger partial charge is 0.338 e. The maximum atomic E-state index is 14.6. The zero-order chi connectivity index (χ0) is 23.2. The first-order chi connectivity index (χ1) is 15.7. The number of fused-ring (bicyclic) bond motifs is 2. The molecule has 7 heteroatoms. The molecule has 2 bridgehead atoms. The lowest BCUT2D eigenvalue weighted by Gasteiger charge is -2.39. The molecular formula is C26H35FN4OS. The van der Waals surface area contributed by atoms with E-state index in [1.54, 1.807) is 12.1 Å². The van der Waals surface area contributed by atoms with E-state index in [0.29, 0.717) is 23.2 Å². The Morgan fingerprint density at radius 2 is 1.85 bits per heavy atom. The van der Waals surface area contributed by atoms with E-state index < -0.39 is 0 Å². The summed E-state index contributed by atoms with van der Waals surface area (Å²) in [5.41, 5.74) is 1.000. The van der Waals surface area contributed by atoms with E-state index in [-0.39, 0.29) is 28.6 Å². The molecule has 1 amide bonds. The Bertz CT molecular complexity index is 1030. The Morgan fingerprint density at radius 3 is 2.61 bits per heavy atom. The van der Waals surface area contributed by atoms with Gasteiger partial charge in [0.2, 0.25) is 5.91 Å². The molecule has 2 heterocycles. The molecule has 0 radical (unpaired) electrons. The molecule has 1 aromatic carbocycles. The summed E-state index contributed by atoms with van der Waals surface area (Å²) >= 11 is 1.47. The van der Waals surface area contributed by atoms with E-state index in [1.807, 2.05) is 6.07 Å². The van der Waals surface area contributed by atoms with Crippen LogP contribution in [0.3, 0.4) is 0 Å². The number of rotatable bonds is 5. The van der Waals surface area contributed by atoms with Crippen molar-refractivity contribution in [3.05, 3.63) is 30.1 Å². The lowest BCUT2D eigenvalue weighted by atomic mass is 9.65. The minimum absolute atomic E-state index is 0.192. The summed E-state index contributed by atoms with van der Waals surface area (Å²) in [6.07, 6.45) is 9.01. The lowest BCUT2D eigenvalue weighted by Crippen LogP contribution is -2.38. The average molecular weight is 471 g/mol. The number of aromatic nitrogens is 3. The smallest absolute Gasteiger partial charge is 0.233 e. The van der Waals surface area contributed by atoms with Crippen LogP contribution in [0.1, 0.15) is 78.2 Å². The van der Waals surface area contributed by atoms with Crippen LogP contribution in [0.15, 0.2) is 29.4 Å². The van der Waals surface area contributed by atoms with Crippen LogP contribution >= 0.6 is 11.8 Å². The quantitative estimate of drug-likeness (QED) is 0.495. The van der Waals surface area contributed by atoms with Gasteiger partial charge in [-0.25, -0.2) is 4.39 Å². The molecular weight excluding hydrogens is 435 g/mol. The third-order valence-electron chi connectivity index (χ3n) is 7.78. The lowest BCUT2D eigenvalue weighted by molar-refractivity contribution is -0.129. The van der Waals surface area contributed by atoms with Crippen LogP contribution in [-0.4, -0.2) is 43.9 Å². The number of hydrogen-bond acceptors (Lipinski definition) is 4. The van der Waals surface area contributed by atoms with Crippen molar-refractivity contribution in [3.63, 3.8) is 0 Å². The maximum absolute atomic E-state index is 14.6. The van der Waals surface area contributed by atoms with Crippen molar-refractivity contribution in [1.29, 1.82) is 0 Å². The van der Waals surface area contributed by atoms with E-state index in [4.69, 9.17) is 0 Å². The predicted octanol–water partition coefficient (Wildman–Crippen LogP) is 6.11. The van der Waals surface area contributed by atoms with Crippen molar-refractivity contribution in [3.8, 4) is 11.4 Å². The third kappa shape index (κ3) is 4.58. The number of benzene rings is 1. The van der Waals surface area contributed by atoms with Gasteiger partial charge in [-0.15, -0.1) is 10.2 Å². The first kappa shape index (κ1) is 22.9. The van der Waals surface area contributed by atoms with Crippen LogP contribution in [0.25, 0.3) is 11.4 Å². The number of amides is 1. The molecule has 3 fully saturated rings. The van der Waals surface area contributed by atoms with E-state index in [1.165, 1.54) is 30.7 Å². The minimum atomic E-state index is -0.283. The molecule has 0 spiro atoms.